The highest BCUT2D eigenvalue weighted by molar-refractivity contribution is 5.74. The zero-order valence-corrected chi connectivity index (χ0v) is 20.9. The van der Waals surface area contributed by atoms with Crippen LogP contribution in [0.5, 0.6) is 17.4 Å². The number of carbonyl (C=O) groups excluding carboxylic acids is 1. The van der Waals surface area contributed by atoms with Gasteiger partial charge in [-0.05, 0) is 61.0 Å². The number of hydrogen-bond acceptors (Lipinski definition) is 8. The highest BCUT2D eigenvalue weighted by Gasteiger charge is 2.16. The van der Waals surface area contributed by atoms with E-state index in [1.54, 1.807) is 36.3 Å². The molecule has 38 heavy (non-hydrogen) atoms. The van der Waals surface area contributed by atoms with Crippen LogP contribution in [-0.2, 0) is 18.0 Å². The molecule has 3 aromatic heterocycles. The van der Waals surface area contributed by atoms with Crippen LogP contribution in [0.3, 0.4) is 0 Å². The van der Waals surface area contributed by atoms with Gasteiger partial charge in [-0.15, -0.1) is 5.10 Å². The number of aldehydes is 1. The first-order valence-electron chi connectivity index (χ1n) is 11.8. The maximum absolute atomic E-state index is 10.9. The van der Waals surface area contributed by atoms with E-state index in [-0.39, 0.29) is 13.2 Å². The molecule has 2 aromatic carbocycles. The third kappa shape index (κ3) is 5.52. The van der Waals surface area contributed by atoms with Crippen LogP contribution >= 0.6 is 0 Å². The summed E-state index contributed by atoms with van der Waals surface area (Å²) in [5.74, 6) is 3.12. The molecule has 0 N–H and O–H groups in total. The third-order valence-corrected chi connectivity index (χ3v) is 5.67. The van der Waals surface area contributed by atoms with Gasteiger partial charge < -0.3 is 23.0 Å². The number of ether oxygens (including phenoxy) is 3. The Labute approximate surface area is 218 Å². The number of methoxy groups -OCH3 is 1. The van der Waals surface area contributed by atoms with Gasteiger partial charge in [0.15, 0.2) is 17.3 Å². The van der Waals surface area contributed by atoms with E-state index in [0.717, 1.165) is 11.3 Å². The maximum atomic E-state index is 10.9. The average molecular weight is 512 g/mol. The number of furan rings is 1. The molecule has 0 amide bonds. The van der Waals surface area contributed by atoms with Crippen LogP contribution < -0.4 is 14.2 Å². The molecular weight excluding hydrogens is 486 g/mol. The SMILES string of the molecule is COc1cc(COc2nn(-c3ccccc3)cc2C=CC=O)ccc1OCc1nc(-c2ccco2)oc1C. The van der Waals surface area contributed by atoms with Gasteiger partial charge in [0.05, 0.1) is 24.6 Å². The van der Waals surface area contributed by atoms with Gasteiger partial charge in [0, 0.05) is 6.20 Å². The lowest BCUT2D eigenvalue weighted by Crippen LogP contribution is -2.02. The Bertz CT molecular complexity index is 1530. The van der Waals surface area contributed by atoms with Crippen molar-refractivity contribution in [2.45, 2.75) is 20.1 Å². The van der Waals surface area contributed by atoms with Crippen LogP contribution in [0.1, 0.15) is 22.6 Å². The number of aromatic nitrogens is 3. The molecule has 3 heterocycles. The number of benzene rings is 2. The lowest BCUT2D eigenvalue weighted by Gasteiger charge is -2.12. The maximum Gasteiger partial charge on any atom is 0.263 e. The van der Waals surface area contributed by atoms with Gasteiger partial charge in [-0.25, -0.2) is 9.67 Å². The van der Waals surface area contributed by atoms with Crippen LogP contribution in [0.15, 0.2) is 88.0 Å². The number of aryl methyl sites for hydroxylation is 1. The van der Waals surface area contributed by atoms with Gasteiger partial charge in [0.25, 0.3) is 5.89 Å². The fraction of sp³-hybridized carbons (Fsp3) is 0.138. The second kappa shape index (κ2) is 11.3. The van der Waals surface area contributed by atoms with Crippen LogP contribution in [0.2, 0.25) is 0 Å². The Morgan fingerprint density at radius 1 is 1.00 bits per heavy atom. The lowest BCUT2D eigenvalue weighted by atomic mass is 10.2. The summed E-state index contributed by atoms with van der Waals surface area (Å²) in [4.78, 5) is 15.3. The Morgan fingerprint density at radius 2 is 1.87 bits per heavy atom. The summed E-state index contributed by atoms with van der Waals surface area (Å²) in [6.07, 6.45) is 7.16. The van der Waals surface area contributed by atoms with Gasteiger partial charge in [-0.2, -0.15) is 0 Å². The van der Waals surface area contributed by atoms with Crippen LogP contribution in [-0.4, -0.2) is 28.2 Å². The van der Waals surface area contributed by atoms with Gasteiger partial charge >= 0.3 is 0 Å². The number of rotatable bonds is 11. The number of hydrogen-bond donors (Lipinski definition) is 0. The molecule has 0 atom stereocenters. The second-order valence-corrected chi connectivity index (χ2v) is 8.23. The van der Waals surface area contributed by atoms with E-state index in [1.807, 2.05) is 61.7 Å². The molecule has 192 valence electrons. The Morgan fingerprint density at radius 3 is 2.63 bits per heavy atom. The minimum Gasteiger partial charge on any atom is -0.493 e. The first-order valence-corrected chi connectivity index (χ1v) is 11.8. The van der Waals surface area contributed by atoms with E-state index in [4.69, 9.17) is 23.0 Å². The minimum absolute atomic E-state index is 0.200. The third-order valence-electron chi connectivity index (χ3n) is 5.67. The summed E-state index contributed by atoms with van der Waals surface area (Å²) >= 11 is 0. The van der Waals surface area contributed by atoms with Crippen molar-refractivity contribution in [3.05, 3.63) is 102 Å². The molecule has 0 aliphatic heterocycles. The molecule has 0 aliphatic rings. The molecule has 5 aromatic rings. The van der Waals surface area contributed by atoms with E-state index in [9.17, 15) is 4.79 Å². The zero-order valence-electron chi connectivity index (χ0n) is 20.9. The van der Waals surface area contributed by atoms with Gasteiger partial charge in [0.1, 0.15) is 31.0 Å². The van der Waals surface area contributed by atoms with Crippen molar-refractivity contribution in [3.8, 4) is 34.7 Å². The van der Waals surface area contributed by atoms with Gasteiger partial charge in [-0.3, -0.25) is 4.79 Å². The summed E-state index contributed by atoms with van der Waals surface area (Å²) in [6, 6.07) is 18.8. The lowest BCUT2D eigenvalue weighted by molar-refractivity contribution is -0.104. The first kappa shape index (κ1) is 24.6. The normalized spacial score (nSPS) is 11.1. The predicted molar refractivity (Wildman–Crippen MR) is 139 cm³/mol. The molecule has 9 heteroatoms. The Hall–Kier alpha value is -5.05. The van der Waals surface area contributed by atoms with Crippen molar-refractivity contribution in [1.82, 2.24) is 14.8 Å². The monoisotopic (exact) mass is 511 g/mol. The predicted octanol–water partition coefficient (Wildman–Crippen LogP) is 5.81. The summed E-state index contributed by atoms with van der Waals surface area (Å²) in [7, 11) is 1.58. The average Bonchev–Trinajstić information content (AvgIpc) is 3.70. The standard InChI is InChI=1S/C29H25N3O6/c1-20-24(30-29(38-20)26-11-7-15-35-26)19-36-25-13-12-21(16-27(25)34-2)18-37-28-22(8-6-14-33)17-32(31-28)23-9-4-3-5-10-23/h3-17H,18-19H2,1-2H3. The van der Waals surface area contributed by atoms with Crippen molar-refractivity contribution in [2.75, 3.05) is 7.11 Å². The molecule has 0 bridgehead atoms. The fourth-order valence-electron chi connectivity index (χ4n) is 3.74. The van der Waals surface area contributed by atoms with E-state index in [1.165, 1.54) is 6.08 Å². The van der Waals surface area contributed by atoms with Crippen LogP contribution in [0, 0.1) is 6.92 Å². The number of nitrogens with zero attached hydrogens (tertiary/aromatic N) is 3. The topological polar surface area (TPSA) is 102 Å². The molecule has 0 saturated carbocycles. The summed E-state index contributed by atoms with van der Waals surface area (Å²) in [5.41, 5.74) is 3.08. The fourth-order valence-corrected chi connectivity index (χ4v) is 3.74. The molecule has 0 spiro atoms. The van der Waals surface area contributed by atoms with E-state index in [2.05, 4.69) is 10.1 Å². The quantitative estimate of drug-likeness (QED) is 0.162. The number of oxazole rings is 1. The van der Waals surface area contributed by atoms with Crippen molar-refractivity contribution >= 4 is 12.4 Å². The summed E-state index contributed by atoms with van der Waals surface area (Å²) in [5, 5.41) is 4.55. The molecule has 0 fully saturated rings. The van der Waals surface area contributed by atoms with Crippen molar-refractivity contribution in [1.29, 1.82) is 0 Å². The summed E-state index contributed by atoms with van der Waals surface area (Å²) in [6.45, 7) is 2.26. The van der Waals surface area contributed by atoms with Gasteiger partial charge in [0.2, 0.25) is 5.88 Å². The number of allylic oxidation sites excluding steroid dienone is 1. The van der Waals surface area contributed by atoms with Crippen LogP contribution in [0.25, 0.3) is 23.4 Å². The van der Waals surface area contributed by atoms with Gasteiger partial charge in [-0.1, -0.05) is 24.3 Å². The zero-order chi connectivity index (χ0) is 26.3. The molecule has 0 unspecified atom stereocenters. The Balaban J connectivity index is 1.28. The van der Waals surface area contributed by atoms with E-state index in [0.29, 0.717) is 52.3 Å². The van der Waals surface area contributed by atoms with E-state index >= 15 is 0 Å². The molecular formula is C29H25N3O6. The highest BCUT2D eigenvalue weighted by atomic mass is 16.5. The van der Waals surface area contributed by atoms with Crippen molar-refractivity contribution < 1.29 is 27.8 Å². The van der Waals surface area contributed by atoms with Crippen molar-refractivity contribution in [3.63, 3.8) is 0 Å². The summed E-state index contributed by atoms with van der Waals surface area (Å²) < 4.78 is 30.3. The smallest absolute Gasteiger partial charge is 0.263 e. The molecule has 0 saturated heterocycles. The van der Waals surface area contributed by atoms with Crippen LogP contribution in [0.4, 0.5) is 0 Å². The number of para-hydroxylation sites is 1. The largest absolute Gasteiger partial charge is 0.493 e. The number of carbonyl (C=O) groups is 1. The van der Waals surface area contributed by atoms with Crippen molar-refractivity contribution in [2.24, 2.45) is 0 Å². The molecule has 5 rings (SSSR count). The van der Waals surface area contributed by atoms with E-state index < -0.39 is 0 Å². The molecule has 9 nitrogen and oxygen atoms in total. The highest BCUT2D eigenvalue weighted by Crippen LogP contribution is 2.31. The second-order valence-electron chi connectivity index (χ2n) is 8.23. The Kier molecular flexibility index (Phi) is 7.35. The first-order chi connectivity index (χ1) is 18.6. The minimum atomic E-state index is 0.200. The molecule has 0 aliphatic carbocycles. The molecule has 0 radical (unpaired) electrons.